The fourth-order valence-electron chi connectivity index (χ4n) is 2.19. The van der Waals surface area contributed by atoms with Crippen molar-refractivity contribution in [3.63, 3.8) is 0 Å². The van der Waals surface area contributed by atoms with E-state index in [0.29, 0.717) is 6.04 Å². The summed E-state index contributed by atoms with van der Waals surface area (Å²) in [6.45, 7) is 5.98. The minimum Gasteiger partial charge on any atom is -0.368 e. The first-order valence-electron chi connectivity index (χ1n) is 6.92. The first-order valence-corrected chi connectivity index (χ1v) is 8.97. The highest BCUT2D eigenvalue weighted by molar-refractivity contribution is 9.10. The topological polar surface area (TPSA) is 15.3 Å². The summed E-state index contributed by atoms with van der Waals surface area (Å²) in [7, 11) is 2.09. The van der Waals surface area contributed by atoms with Crippen LogP contribution in [0.5, 0.6) is 0 Å². The van der Waals surface area contributed by atoms with Crippen LogP contribution in [0.2, 0.25) is 5.02 Å². The molecule has 1 N–H and O–H groups in total. The molecule has 5 heteroatoms. The zero-order valence-electron chi connectivity index (χ0n) is 12.5. The molecule has 0 saturated heterocycles. The third-order valence-electron chi connectivity index (χ3n) is 3.17. The molecule has 2 nitrogen and oxygen atoms in total. The molecule has 1 aromatic carbocycles. The number of rotatable bonds is 6. The Morgan fingerprint density at radius 2 is 2.14 bits per heavy atom. The Hall–Kier alpha value is -0.550. The second-order valence-electron chi connectivity index (χ2n) is 5.37. The van der Waals surface area contributed by atoms with Crippen molar-refractivity contribution in [1.82, 2.24) is 5.32 Å². The van der Waals surface area contributed by atoms with E-state index in [9.17, 15) is 0 Å². The average Bonchev–Trinajstić information content (AvgIpc) is 2.81. The molecule has 1 heterocycles. The van der Waals surface area contributed by atoms with E-state index in [2.05, 4.69) is 64.6 Å². The standard InChI is InChI=1S/C16H20BrClN2S/c1-11(2)19-8-12-5-4-6-15(18)16(12)20(3)9-14-7-13(17)10-21-14/h4-7,10-11,19H,8-9H2,1-3H3. The molecule has 0 aliphatic rings. The van der Waals surface area contributed by atoms with Crippen molar-refractivity contribution in [2.75, 3.05) is 11.9 Å². The first kappa shape index (κ1) is 16.8. The van der Waals surface area contributed by atoms with Gasteiger partial charge >= 0.3 is 0 Å². The van der Waals surface area contributed by atoms with Gasteiger partial charge in [-0.25, -0.2) is 0 Å². The van der Waals surface area contributed by atoms with Crippen molar-refractivity contribution in [1.29, 1.82) is 0 Å². The lowest BCUT2D eigenvalue weighted by molar-refractivity contribution is 0.588. The van der Waals surface area contributed by atoms with Gasteiger partial charge in [0.15, 0.2) is 0 Å². The minimum absolute atomic E-state index is 0.454. The highest BCUT2D eigenvalue weighted by Crippen LogP contribution is 2.31. The lowest BCUT2D eigenvalue weighted by Crippen LogP contribution is -2.24. The minimum atomic E-state index is 0.454. The maximum Gasteiger partial charge on any atom is 0.0642 e. The summed E-state index contributed by atoms with van der Waals surface area (Å²) in [5.74, 6) is 0. The van der Waals surface area contributed by atoms with Crippen LogP contribution in [0.4, 0.5) is 5.69 Å². The normalized spacial score (nSPS) is 11.1. The summed E-state index contributed by atoms with van der Waals surface area (Å²) in [6, 6.07) is 8.71. The number of anilines is 1. The van der Waals surface area contributed by atoms with Gasteiger partial charge in [-0.2, -0.15) is 0 Å². The fraction of sp³-hybridized carbons (Fsp3) is 0.375. The van der Waals surface area contributed by atoms with Crippen LogP contribution in [0.1, 0.15) is 24.3 Å². The SMILES string of the molecule is CC(C)NCc1cccc(Cl)c1N(C)Cc1cc(Br)cs1. The molecule has 0 amide bonds. The van der Waals surface area contributed by atoms with Gasteiger partial charge in [0.05, 0.1) is 17.3 Å². The third kappa shape index (κ3) is 4.71. The Labute approximate surface area is 144 Å². The fourth-order valence-corrected chi connectivity index (χ4v) is 4.04. The monoisotopic (exact) mass is 386 g/mol. The highest BCUT2D eigenvalue weighted by Gasteiger charge is 2.13. The highest BCUT2D eigenvalue weighted by atomic mass is 79.9. The Bertz CT molecular complexity index is 598. The molecule has 0 radical (unpaired) electrons. The summed E-state index contributed by atoms with van der Waals surface area (Å²) >= 11 is 11.7. The van der Waals surface area contributed by atoms with Crippen molar-refractivity contribution >= 4 is 44.6 Å². The zero-order chi connectivity index (χ0) is 15.4. The molecule has 0 spiro atoms. The number of nitrogens with one attached hydrogen (secondary N) is 1. The second-order valence-corrected chi connectivity index (χ2v) is 7.69. The maximum atomic E-state index is 6.44. The molecule has 0 unspecified atom stereocenters. The molecule has 2 rings (SSSR count). The molecule has 0 atom stereocenters. The van der Waals surface area contributed by atoms with Crippen molar-refractivity contribution in [2.45, 2.75) is 33.0 Å². The molecule has 0 aliphatic carbocycles. The number of benzene rings is 1. The molecule has 114 valence electrons. The number of thiophene rings is 1. The van der Waals surface area contributed by atoms with Gasteiger partial charge in [0.1, 0.15) is 0 Å². The summed E-state index contributed by atoms with van der Waals surface area (Å²) in [6.07, 6.45) is 0. The molecule has 0 bridgehead atoms. The summed E-state index contributed by atoms with van der Waals surface area (Å²) in [5, 5.41) is 6.37. The summed E-state index contributed by atoms with van der Waals surface area (Å²) < 4.78 is 1.14. The van der Waals surface area contributed by atoms with Gasteiger partial charge in [-0.3, -0.25) is 0 Å². The molecular weight excluding hydrogens is 368 g/mol. The van der Waals surface area contributed by atoms with E-state index >= 15 is 0 Å². The van der Waals surface area contributed by atoms with Crippen molar-refractivity contribution in [2.24, 2.45) is 0 Å². The maximum absolute atomic E-state index is 6.44. The Balaban J connectivity index is 2.20. The van der Waals surface area contributed by atoms with E-state index < -0.39 is 0 Å². The molecule has 0 saturated carbocycles. The Morgan fingerprint density at radius 1 is 1.38 bits per heavy atom. The predicted molar refractivity (Wildman–Crippen MR) is 97.6 cm³/mol. The van der Waals surface area contributed by atoms with Crippen LogP contribution in [0.25, 0.3) is 0 Å². The van der Waals surface area contributed by atoms with Gasteiger partial charge in [0.25, 0.3) is 0 Å². The second kappa shape index (κ2) is 7.63. The Kier molecular flexibility index (Phi) is 6.11. The number of nitrogens with zero attached hydrogens (tertiary/aromatic N) is 1. The molecule has 2 aromatic rings. The van der Waals surface area contributed by atoms with E-state index in [0.717, 1.165) is 28.3 Å². The van der Waals surface area contributed by atoms with Crippen molar-refractivity contribution in [3.05, 3.63) is 49.6 Å². The number of halogens is 2. The Morgan fingerprint density at radius 3 is 2.76 bits per heavy atom. The summed E-state index contributed by atoms with van der Waals surface area (Å²) in [5.41, 5.74) is 2.34. The quantitative estimate of drug-likeness (QED) is 0.723. The smallest absolute Gasteiger partial charge is 0.0642 e. The van der Waals surface area contributed by atoms with E-state index in [1.54, 1.807) is 11.3 Å². The van der Waals surface area contributed by atoms with Crippen LogP contribution in [0, 0.1) is 0 Å². The van der Waals surface area contributed by atoms with Crippen LogP contribution in [0.15, 0.2) is 34.1 Å². The van der Waals surface area contributed by atoms with Gasteiger partial charge in [-0.05, 0) is 33.6 Å². The largest absolute Gasteiger partial charge is 0.368 e. The van der Waals surface area contributed by atoms with Crippen molar-refractivity contribution < 1.29 is 0 Å². The predicted octanol–water partition coefficient (Wildman–Crippen LogP) is 5.30. The molecule has 0 fully saturated rings. The lowest BCUT2D eigenvalue weighted by Gasteiger charge is -2.24. The molecule has 21 heavy (non-hydrogen) atoms. The molecule has 1 aromatic heterocycles. The van der Waals surface area contributed by atoms with Gasteiger partial charge in [-0.1, -0.05) is 37.6 Å². The van der Waals surface area contributed by atoms with Crippen LogP contribution < -0.4 is 10.2 Å². The molecule has 0 aliphatic heterocycles. The van der Waals surface area contributed by atoms with Gasteiger partial charge in [-0.15, -0.1) is 11.3 Å². The average molecular weight is 388 g/mol. The summed E-state index contributed by atoms with van der Waals surface area (Å²) in [4.78, 5) is 3.53. The van der Waals surface area contributed by atoms with Crippen LogP contribution in [0.3, 0.4) is 0 Å². The lowest BCUT2D eigenvalue weighted by atomic mass is 10.1. The van der Waals surface area contributed by atoms with Gasteiger partial charge in [0, 0.05) is 34.4 Å². The third-order valence-corrected chi connectivity index (χ3v) is 5.15. The van der Waals surface area contributed by atoms with Gasteiger partial charge < -0.3 is 10.2 Å². The van der Waals surface area contributed by atoms with Crippen LogP contribution >= 0.6 is 38.9 Å². The van der Waals surface area contributed by atoms with E-state index in [-0.39, 0.29) is 0 Å². The zero-order valence-corrected chi connectivity index (χ0v) is 15.6. The van der Waals surface area contributed by atoms with E-state index in [1.165, 1.54) is 10.4 Å². The number of hydrogen-bond acceptors (Lipinski definition) is 3. The first-order chi connectivity index (χ1) is 9.97. The number of hydrogen-bond donors (Lipinski definition) is 1. The van der Waals surface area contributed by atoms with E-state index in [4.69, 9.17) is 11.6 Å². The molecular formula is C16H20BrClN2S. The van der Waals surface area contributed by atoms with E-state index in [1.807, 2.05) is 12.1 Å². The number of para-hydroxylation sites is 1. The van der Waals surface area contributed by atoms with Crippen LogP contribution in [-0.4, -0.2) is 13.1 Å². The van der Waals surface area contributed by atoms with Crippen molar-refractivity contribution in [3.8, 4) is 0 Å². The van der Waals surface area contributed by atoms with Gasteiger partial charge in [0.2, 0.25) is 0 Å². The van der Waals surface area contributed by atoms with Crippen LogP contribution in [-0.2, 0) is 13.1 Å².